The topological polar surface area (TPSA) is 28.2 Å². The van der Waals surface area contributed by atoms with Gasteiger partial charge >= 0.3 is 0 Å². The summed E-state index contributed by atoms with van der Waals surface area (Å²) in [6.45, 7) is 4.79. The normalized spacial score (nSPS) is 30.3. The Morgan fingerprint density at radius 1 is 1.13 bits per heavy atom. The molecule has 0 aliphatic carbocycles. The third kappa shape index (κ3) is 1.84. The Labute approximate surface area is 90.5 Å². The van der Waals surface area contributed by atoms with E-state index >= 15 is 0 Å². The Kier molecular flexibility index (Phi) is 2.33. The summed E-state index contributed by atoms with van der Waals surface area (Å²) in [6.07, 6.45) is 5.19. The lowest BCUT2D eigenvalue weighted by Gasteiger charge is -2.42. The largest absolute Gasteiger partial charge is 0.371 e. The van der Waals surface area contributed by atoms with Crippen LogP contribution in [0, 0.1) is 11.8 Å². The minimum Gasteiger partial charge on any atom is -0.371 e. The van der Waals surface area contributed by atoms with E-state index in [-0.39, 0.29) is 0 Å². The van der Waals surface area contributed by atoms with Gasteiger partial charge in [0.25, 0.3) is 0 Å². The predicted octanol–water partition coefficient (Wildman–Crippen LogP) is 1.13. The fourth-order valence-electron chi connectivity index (χ4n) is 2.87. The molecule has 3 heteroatoms. The van der Waals surface area contributed by atoms with Gasteiger partial charge in [0.05, 0.1) is 0 Å². The highest BCUT2D eigenvalue weighted by atomic mass is 15.2. The molecule has 0 spiro atoms. The van der Waals surface area contributed by atoms with E-state index in [4.69, 9.17) is 0 Å². The maximum atomic E-state index is 4.07. The van der Waals surface area contributed by atoms with E-state index in [1.54, 1.807) is 0 Å². The Hall–Kier alpha value is -1.09. The Morgan fingerprint density at radius 2 is 1.80 bits per heavy atom. The summed E-state index contributed by atoms with van der Waals surface area (Å²) < 4.78 is 0. The van der Waals surface area contributed by atoms with Gasteiger partial charge in [0.2, 0.25) is 0 Å². The van der Waals surface area contributed by atoms with Crippen LogP contribution in [0.4, 0.5) is 5.69 Å². The zero-order chi connectivity index (χ0) is 10.1. The van der Waals surface area contributed by atoms with Crippen LogP contribution in [0.3, 0.4) is 0 Å². The highest BCUT2D eigenvalue weighted by molar-refractivity contribution is 5.45. The molecule has 2 aliphatic rings. The Morgan fingerprint density at radius 3 is 2.47 bits per heavy atom. The summed E-state index contributed by atoms with van der Waals surface area (Å²) in [7, 11) is 0. The van der Waals surface area contributed by atoms with Gasteiger partial charge in [-0.2, -0.15) is 0 Å². The van der Waals surface area contributed by atoms with Crippen LogP contribution in [0.25, 0.3) is 0 Å². The van der Waals surface area contributed by atoms with Crippen molar-refractivity contribution in [2.45, 2.75) is 6.42 Å². The molecule has 1 N–H and O–H groups in total. The first-order valence-corrected chi connectivity index (χ1v) is 5.77. The molecule has 2 fully saturated rings. The van der Waals surface area contributed by atoms with Crippen molar-refractivity contribution in [3.63, 3.8) is 0 Å². The summed E-state index contributed by atoms with van der Waals surface area (Å²) in [5, 5.41) is 3.52. The maximum absolute atomic E-state index is 4.07. The fraction of sp³-hybridized carbons (Fsp3) is 0.583. The minimum atomic E-state index is 0.839. The van der Waals surface area contributed by atoms with Crippen molar-refractivity contribution >= 4 is 5.69 Å². The molecule has 2 aliphatic heterocycles. The lowest BCUT2D eigenvalue weighted by atomic mass is 9.85. The second kappa shape index (κ2) is 3.81. The number of hydrogen-bond acceptors (Lipinski definition) is 3. The van der Waals surface area contributed by atoms with Crippen molar-refractivity contribution in [1.82, 2.24) is 10.3 Å². The SMILES string of the molecule is c1cc(N2CC3CNCC(C3)C2)ccn1. The van der Waals surface area contributed by atoms with Crippen molar-refractivity contribution < 1.29 is 0 Å². The summed E-state index contributed by atoms with van der Waals surface area (Å²) in [4.78, 5) is 6.59. The zero-order valence-electron chi connectivity index (χ0n) is 8.89. The van der Waals surface area contributed by atoms with Gasteiger partial charge < -0.3 is 10.2 Å². The third-order valence-electron chi connectivity index (χ3n) is 3.52. The van der Waals surface area contributed by atoms with Gasteiger partial charge in [-0.05, 0) is 43.5 Å². The molecule has 3 rings (SSSR count). The number of hydrogen-bond donors (Lipinski definition) is 1. The second-order valence-electron chi connectivity index (χ2n) is 4.74. The number of pyridine rings is 1. The van der Waals surface area contributed by atoms with E-state index in [2.05, 4.69) is 27.3 Å². The minimum absolute atomic E-state index is 0.839. The van der Waals surface area contributed by atoms with Crippen LogP contribution in [0.1, 0.15) is 6.42 Å². The lowest BCUT2D eigenvalue weighted by Crippen LogP contribution is -2.51. The summed E-state index contributed by atoms with van der Waals surface area (Å²) in [6, 6.07) is 4.24. The van der Waals surface area contributed by atoms with Gasteiger partial charge in [0.1, 0.15) is 0 Å². The summed E-state index contributed by atoms with van der Waals surface area (Å²) in [5.74, 6) is 1.68. The number of anilines is 1. The van der Waals surface area contributed by atoms with Gasteiger partial charge in [0, 0.05) is 31.2 Å². The third-order valence-corrected chi connectivity index (χ3v) is 3.52. The van der Waals surface area contributed by atoms with E-state index < -0.39 is 0 Å². The summed E-state index contributed by atoms with van der Waals surface area (Å²) in [5.41, 5.74) is 1.33. The van der Waals surface area contributed by atoms with E-state index in [1.165, 1.54) is 38.3 Å². The molecule has 3 heterocycles. The average Bonchev–Trinajstić information content (AvgIpc) is 2.30. The van der Waals surface area contributed by atoms with Crippen LogP contribution in [0.5, 0.6) is 0 Å². The number of rotatable bonds is 1. The first-order valence-electron chi connectivity index (χ1n) is 5.77. The first kappa shape index (κ1) is 9.16. The van der Waals surface area contributed by atoms with E-state index in [9.17, 15) is 0 Å². The van der Waals surface area contributed by atoms with Gasteiger partial charge in [-0.1, -0.05) is 0 Å². The van der Waals surface area contributed by atoms with Crippen LogP contribution >= 0.6 is 0 Å². The van der Waals surface area contributed by atoms with Gasteiger partial charge in [-0.15, -0.1) is 0 Å². The predicted molar refractivity (Wildman–Crippen MR) is 60.9 cm³/mol. The van der Waals surface area contributed by atoms with E-state index in [1.807, 2.05) is 12.4 Å². The quantitative estimate of drug-likeness (QED) is 0.741. The molecule has 2 bridgehead atoms. The van der Waals surface area contributed by atoms with Crippen molar-refractivity contribution in [2.75, 3.05) is 31.1 Å². The second-order valence-corrected chi connectivity index (χ2v) is 4.74. The zero-order valence-corrected chi connectivity index (χ0v) is 8.89. The monoisotopic (exact) mass is 203 g/mol. The molecule has 3 nitrogen and oxygen atoms in total. The number of fused-ring (bicyclic) bond motifs is 2. The lowest BCUT2D eigenvalue weighted by molar-refractivity contribution is 0.250. The number of nitrogens with zero attached hydrogens (tertiary/aromatic N) is 2. The number of piperidine rings is 2. The highest BCUT2D eigenvalue weighted by Gasteiger charge is 2.30. The number of aromatic nitrogens is 1. The molecule has 0 saturated carbocycles. The molecule has 15 heavy (non-hydrogen) atoms. The van der Waals surface area contributed by atoms with Crippen LogP contribution < -0.4 is 10.2 Å². The van der Waals surface area contributed by atoms with E-state index in [0.29, 0.717) is 0 Å². The fourth-order valence-corrected chi connectivity index (χ4v) is 2.87. The smallest absolute Gasteiger partial charge is 0.0397 e. The van der Waals surface area contributed by atoms with Crippen molar-refractivity contribution in [3.05, 3.63) is 24.5 Å². The molecule has 0 radical (unpaired) electrons. The highest BCUT2D eigenvalue weighted by Crippen LogP contribution is 2.27. The molecular formula is C12H17N3. The van der Waals surface area contributed by atoms with Crippen molar-refractivity contribution in [2.24, 2.45) is 11.8 Å². The van der Waals surface area contributed by atoms with E-state index in [0.717, 1.165) is 11.8 Å². The van der Waals surface area contributed by atoms with Gasteiger partial charge in [-0.3, -0.25) is 4.98 Å². The molecule has 0 amide bonds. The van der Waals surface area contributed by atoms with Gasteiger partial charge in [0.15, 0.2) is 0 Å². The molecule has 1 aromatic rings. The van der Waals surface area contributed by atoms with Crippen molar-refractivity contribution in [1.29, 1.82) is 0 Å². The molecule has 1 aromatic heterocycles. The average molecular weight is 203 g/mol. The molecule has 0 aromatic carbocycles. The molecule has 2 atom stereocenters. The van der Waals surface area contributed by atoms with Crippen LogP contribution in [0.15, 0.2) is 24.5 Å². The van der Waals surface area contributed by atoms with Crippen LogP contribution in [0.2, 0.25) is 0 Å². The maximum Gasteiger partial charge on any atom is 0.0397 e. The molecular weight excluding hydrogens is 186 g/mol. The van der Waals surface area contributed by atoms with Gasteiger partial charge in [-0.25, -0.2) is 0 Å². The first-order chi connectivity index (χ1) is 7.42. The Balaban J connectivity index is 1.78. The van der Waals surface area contributed by atoms with Crippen molar-refractivity contribution in [3.8, 4) is 0 Å². The Bertz CT molecular complexity index is 313. The molecule has 80 valence electrons. The number of nitrogens with one attached hydrogen (secondary N) is 1. The van der Waals surface area contributed by atoms with Crippen LogP contribution in [-0.2, 0) is 0 Å². The molecule has 2 unspecified atom stereocenters. The molecule has 2 saturated heterocycles. The van der Waals surface area contributed by atoms with Crippen LogP contribution in [-0.4, -0.2) is 31.2 Å². The summed E-state index contributed by atoms with van der Waals surface area (Å²) >= 11 is 0. The standard InChI is InChI=1S/C12H17N3/c1-3-13-4-2-12(1)15-8-10-5-11(9-15)7-14-6-10/h1-4,10-11,14H,5-9H2.